The van der Waals surface area contributed by atoms with Gasteiger partial charge in [0.1, 0.15) is 0 Å². The third kappa shape index (κ3) is 5.79. The summed E-state index contributed by atoms with van der Waals surface area (Å²) < 4.78 is 0. The number of nitrogens with zero attached hydrogens (tertiary/aromatic N) is 2. The number of amides is 3. The number of urea groups is 1. The fourth-order valence-electron chi connectivity index (χ4n) is 3.35. The summed E-state index contributed by atoms with van der Waals surface area (Å²) in [7, 11) is 0. The van der Waals surface area contributed by atoms with E-state index < -0.39 is 11.9 Å². The molecule has 1 aliphatic rings. The maximum Gasteiger partial charge on any atom is 0.333 e. The van der Waals surface area contributed by atoms with Gasteiger partial charge in [0.15, 0.2) is 0 Å². The summed E-state index contributed by atoms with van der Waals surface area (Å²) in [5.41, 5.74) is 5.61. The molecule has 29 heavy (non-hydrogen) atoms. The maximum absolute atomic E-state index is 12.2. The molecular weight excluding hydrogens is 386 g/mol. The highest BCUT2D eigenvalue weighted by molar-refractivity contribution is 7.10. The molecule has 2 aromatic rings. The first-order chi connectivity index (χ1) is 14.1. The van der Waals surface area contributed by atoms with Gasteiger partial charge in [0.25, 0.3) is 5.91 Å². The minimum atomic E-state index is -0.459. The molecule has 8 heteroatoms. The molecule has 7 nitrogen and oxygen atoms in total. The van der Waals surface area contributed by atoms with Crippen molar-refractivity contribution in [3.8, 4) is 6.07 Å². The molecular formula is C21H25N5O2S. The van der Waals surface area contributed by atoms with Crippen molar-refractivity contribution in [2.75, 3.05) is 19.6 Å². The summed E-state index contributed by atoms with van der Waals surface area (Å²) in [6, 6.07) is 12.0. The van der Waals surface area contributed by atoms with E-state index in [0.29, 0.717) is 17.7 Å². The molecule has 152 valence electrons. The van der Waals surface area contributed by atoms with Crippen molar-refractivity contribution in [1.82, 2.24) is 21.1 Å². The molecule has 3 N–H and O–H groups in total. The summed E-state index contributed by atoms with van der Waals surface area (Å²) in [5, 5.41) is 13.7. The third-order valence-corrected chi connectivity index (χ3v) is 6.13. The van der Waals surface area contributed by atoms with Crippen molar-refractivity contribution in [1.29, 1.82) is 5.26 Å². The molecule has 0 spiro atoms. The molecule has 0 radical (unpaired) electrons. The average Bonchev–Trinajstić information content (AvgIpc) is 3.28. The zero-order valence-electron chi connectivity index (χ0n) is 16.4. The Balaban J connectivity index is 1.50. The number of carbonyl (C=O) groups excluding carboxylic acids is 2. The Morgan fingerprint density at radius 1 is 1.21 bits per heavy atom. The Hall–Kier alpha value is -2.89. The minimum Gasteiger partial charge on any atom is -0.335 e. The number of piperidine rings is 1. The lowest BCUT2D eigenvalue weighted by Crippen LogP contribution is -2.49. The van der Waals surface area contributed by atoms with Crippen molar-refractivity contribution in [2.24, 2.45) is 5.92 Å². The van der Waals surface area contributed by atoms with E-state index in [1.807, 2.05) is 17.5 Å². The molecule has 1 unspecified atom stereocenters. The van der Waals surface area contributed by atoms with Crippen LogP contribution in [-0.4, -0.2) is 36.5 Å². The lowest BCUT2D eigenvalue weighted by molar-refractivity contribution is 0.0935. The van der Waals surface area contributed by atoms with E-state index >= 15 is 0 Å². The van der Waals surface area contributed by atoms with E-state index in [9.17, 15) is 9.59 Å². The van der Waals surface area contributed by atoms with Gasteiger partial charge in [-0.15, -0.1) is 11.3 Å². The first-order valence-electron chi connectivity index (χ1n) is 9.68. The van der Waals surface area contributed by atoms with Crippen LogP contribution in [0.5, 0.6) is 0 Å². The lowest BCUT2D eigenvalue weighted by Gasteiger charge is -2.36. The highest BCUT2D eigenvalue weighted by Crippen LogP contribution is 2.28. The van der Waals surface area contributed by atoms with Crippen LogP contribution < -0.4 is 16.2 Å². The van der Waals surface area contributed by atoms with E-state index in [4.69, 9.17) is 5.26 Å². The van der Waals surface area contributed by atoms with Crippen molar-refractivity contribution < 1.29 is 9.59 Å². The van der Waals surface area contributed by atoms with Gasteiger partial charge in [-0.3, -0.25) is 15.1 Å². The van der Waals surface area contributed by atoms with Crippen LogP contribution in [-0.2, 0) is 0 Å². The van der Waals surface area contributed by atoms with E-state index in [0.717, 1.165) is 31.8 Å². The monoisotopic (exact) mass is 411 g/mol. The fraction of sp³-hybridized carbons (Fsp3) is 0.381. The number of likely N-dealkylation sites (tertiary alicyclic amines) is 1. The van der Waals surface area contributed by atoms with Crippen LogP contribution in [0.4, 0.5) is 4.79 Å². The van der Waals surface area contributed by atoms with E-state index in [1.165, 1.54) is 17.0 Å². The number of thiophene rings is 1. The number of hydrazine groups is 1. The summed E-state index contributed by atoms with van der Waals surface area (Å²) in [6.07, 6.45) is 2.32. The molecule has 3 amide bonds. The van der Waals surface area contributed by atoms with Gasteiger partial charge in [-0.05, 0) is 67.6 Å². The molecule has 0 saturated carbocycles. The van der Waals surface area contributed by atoms with Crippen LogP contribution in [0, 0.1) is 17.2 Å². The van der Waals surface area contributed by atoms with Gasteiger partial charge < -0.3 is 5.32 Å². The molecule has 1 aromatic carbocycles. The smallest absolute Gasteiger partial charge is 0.333 e. The predicted octanol–water partition coefficient (Wildman–Crippen LogP) is 3.04. The van der Waals surface area contributed by atoms with Crippen molar-refractivity contribution in [2.45, 2.75) is 25.8 Å². The van der Waals surface area contributed by atoms with E-state index in [-0.39, 0.29) is 6.04 Å². The van der Waals surface area contributed by atoms with Crippen molar-refractivity contribution >= 4 is 23.3 Å². The highest BCUT2D eigenvalue weighted by Gasteiger charge is 2.25. The molecule has 0 aliphatic carbocycles. The normalized spacial score (nSPS) is 15.9. The molecule has 1 fully saturated rings. The Bertz CT molecular complexity index is 852. The highest BCUT2D eigenvalue weighted by atomic mass is 32.1. The van der Waals surface area contributed by atoms with E-state index in [1.54, 1.807) is 23.5 Å². The fourth-order valence-corrected chi connectivity index (χ4v) is 4.21. The molecule has 1 saturated heterocycles. The van der Waals surface area contributed by atoms with Crippen LogP contribution in [0.1, 0.15) is 46.6 Å². The number of benzene rings is 1. The molecule has 3 rings (SSSR count). The summed E-state index contributed by atoms with van der Waals surface area (Å²) >= 11 is 1.69. The van der Waals surface area contributed by atoms with Gasteiger partial charge in [0.2, 0.25) is 0 Å². The second kappa shape index (κ2) is 10.0. The SMILES string of the molecule is CC1CCN(C(CNC(=O)NNC(=O)c2ccc(C#N)cc2)c2cccs2)CC1. The quantitative estimate of drug-likeness (QED) is 0.659. The number of nitriles is 1. The number of nitrogens with one attached hydrogen (secondary N) is 3. The Morgan fingerprint density at radius 3 is 2.55 bits per heavy atom. The topological polar surface area (TPSA) is 97.3 Å². The second-order valence-corrected chi connectivity index (χ2v) is 8.21. The first kappa shape index (κ1) is 20.8. The number of hydrogen-bond donors (Lipinski definition) is 3. The van der Waals surface area contributed by atoms with E-state index in [2.05, 4.69) is 34.1 Å². The van der Waals surface area contributed by atoms with Crippen LogP contribution in [0.15, 0.2) is 41.8 Å². The van der Waals surface area contributed by atoms with Crippen LogP contribution in [0.2, 0.25) is 0 Å². The zero-order valence-corrected chi connectivity index (χ0v) is 17.2. The average molecular weight is 412 g/mol. The summed E-state index contributed by atoms with van der Waals surface area (Å²) in [5.74, 6) is 0.299. The largest absolute Gasteiger partial charge is 0.335 e. The number of carbonyl (C=O) groups is 2. The summed E-state index contributed by atoms with van der Waals surface area (Å²) in [4.78, 5) is 27.9. The standard InChI is InChI=1S/C21H25N5O2S/c1-15-8-10-26(11-9-15)18(19-3-2-12-29-19)14-23-21(28)25-24-20(27)17-6-4-16(13-22)5-7-17/h2-7,12,15,18H,8-11,14H2,1H3,(H,24,27)(H2,23,25,28). The Kier molecular flexibility index (Phi) is 7.22. The van der Waals surface area contributed by atoms with Crippen LogP contribution in [0.25, 0.3) is 0 Å². The van der Waals surface area contributed by atoms with Gasteiger partial charge in [-0.25, -0.2) is 10.2 Å². The van der Waals surface area contributed by atoms with Gasteiger partial charge in [0, 0.05) is 17.0 Å². The Morgan fingerprint density at radius 2 is 1.93 bits per heavy atom. The van der Waals surface area contributed by atoms with Gasteiger partial charge >= 0.3 is 6.03 Å². The summed E-state index contributed by atoms with van der Waals surface area (Å²) in [6.45, 7) is 4.78. The molecule has 1 atom stereocenters. The molecule has 1 aliphatic heterocycles. The molecule has 0 bridgehead atoms. The molecule has 2 heterocycles. The van der Waals surface area contributed by atoms with Crippen LogP contribution >= 0.6 is 11.3 Å². The first-order valence-corrected chi connectivity index (χ1v) is 10.6. The second-order valence-electron chi connectivity index (χ2n) is 7.23. The third-order valence-electron chi connectivity index (χ3n) is 5.15. The number of hydrogen-bond acceptors (Lipinski definition) is 5. The minimum absolute atomic E-state index is 0.127. The van der Waals surface area contributed by atoms with Crippen LogP contribution in [0.3, 0.4) is 0 Å². The van der Waals surface area contributed by atoms with Gasteiger partial charge in [-0.2, -0.15) is 5.26 Å². The maximum atomic E-state index is 12.2. The van der Waals surface area contributed by atoms with Crippen molar-refractivity contribution in [3.05, 3.63) is 57.8 Å². The zero-order chi connectivity index (χ0) is 20.6. The Labute approximate surface area is 174 Å². The molecule has 1 aromatic heterocycles. The lowest BCUT2D eigenvalue weighted by atomic mass is 9.97. The van der Waals surface area contributed by atoms with Gasteiger partial charge in [-0.1, -0.05) is 13.0 Å². The van der Waals surface area contributed by atoms with Gasteiger partial charge in [0.05, 0.1) is 17.7 Å². The van der Waals surface area contributed by atoms with Crippen molar-refractivity contribution in [3.63, 3.8) is 0 Å². The number of rotatable bonds is 5. The predicted molar refractivity (Wildman–Crippen MR) is 112 cm³/mol.